The molecule has 6 nitrogen and oxygen atoms in total. The number of nitrogens with zero attached hydrogens (tertiary/aromatic N) is 1. The molecule has 0 aliphatic heterocycles. The Labute approximate surface area is 122 Å². The van der Waals surface area contributed by atoms with Crippen molar-refractivity contribution in [2.24, 2.45) is 11.3 Å². The normalized spacial score (nSPS) is 12.5. The van der Waals surface area contributed by atoms with Crippen LogP contribution in [0, 0.1) is 5.41 Å². The molecule has 0 bridgehead atoms. The van der Waals surface area contributed by atoms with Gasteiger partial charge in [0.1, 0.15) is 4.90 Å². The Morgan fingerprint density at radius 1 is 1.47 bits per heavy atom. The summed E-state index contributed by atoms with van der Waals surface area (Å²) < 4.78 is 27.7. The van der Waals surface area contributed by atoms with E-state index in [1.165, 1.54) is 12.3 Å². The minimum absolute atomic E-state index is 0.0243. The van der Waals surface area contributed by atoms with Crippen LogP contribution < -0.4 is 16.0 Å². The third-order valence-electron chi connectivity index (χ3n) is 2.94. The molecule has 0 aliphatic rings. The molecule has 1 heterocycles. The van der Waals surface area contributed by atoms with Gasteiger partial charge in [-0.2, -0.15) is 0 Å². The smallest absolute Gasteiger partial charge is 0.244 e. The van der Waals surface area contributed by atoms with E-state index in [0.717, 1.165) is 6.42 Å². The first-order chi connectivity index (χ1) is 8.72. The van der Waals surface area contributed by atoms with Gasteiger partial charge in [0.05, 0.1) is 0 Å². The Morgan fingerprint density at radius 2 is 2.11 bits per heavy atom. The zero-order valence-electron chi connectivity index (χ0n) is 11.2. The summed E-state index contributed by atoms with van der Waals surface area (Å²) in [6.45, 7) is 6.36. The molecular formula is C11H19BrN4O2S. The third kappa shape index (κ3) is 4.41. The van der Waals surface area contributed by atoms with Gasteiger partial charge in [-0.05, 0) is 33.8 Å². The number of aromatic nitrogens is 1. The van der Waals surface area contributed by atoms with Gasteiger partial charge in [0.15, 0.2) is 5.82 Å². The topological polar surface area (TPSA) is 97.1 Å². The van der Waals surface area contributed by atoms with Crippen LogP contribution in [0.3, 0.4) is 0 Å². The van der Waals surface area contributed by atoms with Gasteiger partial charge in [-0.15, -0.1) is 0 Å². The molecule has 19 heavy (non-hydrogen) atoms. The van der Waals surface area contributed by atoms with E-state index in [2.05, 4.69) is 31.1 Å². The Morgan fingerprint density at radius 3 is 2.63 bits per heavy atom. The maximum atomic E-state index is 12.3. The first-order valence-electron chi connectivity index (χ1n) is 5.83. The highest BCUT2D eigenvalue weighted by Crippen LogP contribution is 2.24. The van der Waals surface area contributed by atoms with Gasteiger partial charge < -0.3 is 5.43 Å². The molecule has 4 N–H and O–H groups in total. The van der Waals surface area contributed by atoms with Crippen LogP contribution in [0.2, 0.25) is 0 Å². The van der Waals surface area contributed by atoms with Gasteiger partial charge in [0.2, 0.25) is 10.0 Å². The summed E-state index contributed by atoms with van der Waals surface area (Å²) in [6.07, 6.45) is 2.35. The lowest BCUT2D eigenvalue weighted by Crippen LogP contribution is -2.34. The fourth-order valence-corrected chi connectivity index (χ4v) is 3.09. The average Bonchev–Trinajstić information content (AvgIpc) is 2.37. The highest BCUT2D eigenvalue weighted by atomic mass is 79.9. The number of nitrogens with one attached hydrogen (secondary N) is 2. The van der Waals surface area contributed by atoms with Crippen LogP contribution in [-0.4, -0.2) is 19.9 Å². The summed E-state index contributed by atoms with van der Waals surface area (Å²) in [5.74, 6) is 5.40. The molecule has 0 unspecified atom stereocenters. The monoisotopic (exact) mass is 350 g/mol. The molecule has 0 amide bonds. The first-order valence-corrected chi connectivity index (χ1v) is 8.11. The van der Waals surface area contributed by atoms with Gasteiger partial charge in [-0.25, -0.2) is 24.0 Å². The fraction of sp³-hybridized carbons (Fsp3) is 0.545. The molecule has 0 atom stereocenters. The third-order valence-corrected chi connectivity index (χ3v) is 4.79. The second-order valence-electron chi connectivity index (χ2n) is 4.99. The summed E-state index contributed by atoms with van der Waals surface area (Å²) in [6, 6.07) is 1.46. The average molecular weight is 351 g/mol. The van der Waals surface area contributed by atoms with Crippen molar-refractivity contribution in [3.05, 3.63) is 16.7 Å². The predicted molar refractivity (Wildman–Crippen MR) is 79.0 cm³/mol. The van der Waals surface area contributed by atoms with Crippen molar-refractivity contribution in [3.63, 3.8) is 0 Å². The summed E-state index contributed by atoms with van der Waals surface area (Å²) in [4.78, 5) is 3.95. The molecule has 0 radical (unpaired) electrons. The van der Waals surface area contributed by atoms with Crippen LogP contribution in [0.1, 0.15) is 27.2 Å². The molecule has 0 saturated carbocycles. The number of nitrogens with two attached hydrogens (primary N) is 1. The van der Waals surface area contributed by atoms with E-state index in [4.69, 9.17) is 5.84 Å². The zero-order valence-corrected chi connectivity index (χ0v) is 13.6. The Kier molecular flexibility index (Phi) is 5.31. The highest BCUT2D eigenvalue weighted by Gasteiger charge is 2.23. The number of rotatable bonds is 6. The Bertz CT molecular complexity index is 546. The summed E-state index contributed by atoms with van der Waals surface area (Å²) in [5, 5.41) is 0. The Hall–Kier alpha value is -0.700. The molecule has 1 aromatic rings. The van der Waals surface area contributed by atoms with Crippen molar-refractivity contribution < 1.29 is 8.42 Å². The maximum Gasteiger partial charge on any atom is 0.244 e. The van der Waals surface area contributed by atoms with Crippen molar-refractivity contribution in [1.29, 1.82) is 0 Å². The van der Waals surface area contributed by atoms with E-state index in [1.807, 2.05) is 20.8 Å². The lowest BCUT2D eigenvalue weighted by molar-refractivity contribution is 0.350. The number of hydrazine groups is 1. The lowest BCUT2D eigenvalue weighted by Gasteiger charge is -2.23. The SMILES string of the molecule is CCC(C)(C)CNS(=O)(=O)c1cc(Br)cnc1NN. The van der Waals surface area contributed by atoms with Crippen molar-refractivity contribution >= 4 is 31.8 Å². The van der Waals surface area contributed by atoms with Gasteiger partial charge in [-0.3, -0.25) is 0 Å². The fourth-order valence-electron chi connectivity index (χ4n) is 1.23. The molecule has 0 aliphatic carbocycles. The number of hydrogen-bond acceptors (Lipinski definition) is 5. The largest absolute Gasteiger partial charge is 0.307 e. The van der Waals surface area contributed by atoms with E-state index in [9.17, 15) is 8.42 Å². The number of pyridine rings is 1. The minimum Gasteiger partial charge on any atom is -0.307 e. The van der Waals surface area contributed by atoms with Gasteiger partial charge >= 0.3 is 0 Å². The van der Waals surface area contributed by atoms with Crippen LogP contribution in [-0.2, 0) is 10.0 Å². The standard InChI is InChI=1S/C11H19BrN4O2S/c1-4-11(2,3)7-15-19(17,18)9-5-8(12)6-14-10(9)16-13/h5-6,15H,4,7,13H2,1-3H3,(H,14,16). The van der Waals surface area contributed by atoms with E-state index in [-0.39, 0.29) is 16.1 Å². The molecule has 0 spiro atoms. The van der Waals surface area contributed by atoms with Crippen molar-refractivity contribution in [3.8, 4) is 0 Å². The molecule has 1 rings (SSSR count). The number of hydrogen-bond donors (Lipinski definition) is 3. The molecule has 108 valence electrons. The second kappa shape index (κ2) is 6.17. The van der Waals surface area contributed by atoms with E-state index < -0.39 is 10.0 Å². The predicted octanol–water partition coefficient (Wildman–Crippen LogP) is 1.84. The second-order valence-corrected chi connectivity index (χ2v) is 7.64. The number of anilines is 1. The summed E-state index contributed by atoms with van der Waals surface area (Å²) in [7, 11) is -3.65. The van der Waals surface area contributed by atoms with E-state index >= 15 is 0 Å². The first kappa shape index (κ1) is 16.4. The lowest BCUT2D eigenvalue weighted by atomic mass is 9.91. The molecule has 0 saturated heterocycles. The van der Waals surface area contributed by atoms with Crippen LogP contribution in [0.15, 0.2) is 21.6 Å². The van der Waals surface area contributed by atoms with Crippen molar-refractivity contribution in [1.82, 2.24) is 9.71 Å². The number of nitrogen functional groups attached to an aromatic ring is 1. The highest BCUT2D eigenvalue weighted by molar-refractivity contribution is 9.10. The zero-order chi connectivity index (χ0) is 14.7. The van der Waals surface area contributed by atoms with Crippen molar-refractivity contribution in [2.45, 2.75) is 32.1 Å². The van der Waals surface area contributed by atoms with Crippen LogP contribution >= 0.6 is 15.9 Å². The van der Waals surface area contributed by atoms with Gasteiger partial charge in [0.25, 0.3) is 0 Å². The number of halogens is 1. The minimum atomic E-state index is -3.65. The molecular weight excluding hydrogens is 332 g/mol. The Balaban J connectivity index is 3.04. The summed E-state index contributed by atoms with van der Waals surface area (Å²) in [5.41, 5.74) is 2.18. The van der Waals surface area contributed by atoms with E-state index in [0.29, 0.717) is 11.0 Å². The van der Waals surface area contributed by atoms with Crippen LogP contribution in [0.4, 0.5) is 5.82 Å². The van der Waals surface area contributed by atoms with Crippen LogP contribution in [0.25, 0.3) is 0 Å². The van der Waals surface area contributed by atoms with Crippen molar-refractivity contribution in [2.75, 3.05) is 12.0 Å². The quantitative estimate of drug-likeness (QED) is 0.537. The van der Waals surface area contributed by atoms with E-state index in [1.54, 1.807) is 0 Å². The maximum absolute atomic E-state index is 12.3. The summed E-state index contributed by atoms with van der Waals surface area (Å²) >= 11 is 3.20. The molecule has 0 aromatic carbocycles. The molecule has 1 aromatic heterocycles. The molecule has 0 fully saturated rings. The molecule has 8 heteroatoms. The van der Waals surface area contributed by atoms with Gasteiger partial charge in [0, 0.05) is 17.2 Å². The van der Waals surface area contributed by atoms with Gasteiger partial charge in [-0.1, -0.05) is 20.8 Å². The number of sulfonamides is 1. The van der Waals surface area contributed by atoms with Crippen LogP contribution in [0.5, 0.6) is 0 Å².